The third-order valence-corrected chi connectivity index (χ3v) is 5.60. The van der Waals surface area contributed by atoms with Crippen LogP contribution in [0.2, 0.25) is 0 Å². The van der Waals surface area contributed by atoms with Crippen molar-refractivity contribution in [3.8, 4) is 0 Å². The zero-order valence-corrected chi connectivity index (χ0v) is 16.9. The summed E-state index contributed by atoms with van der Waals surface area (Å²) in [4.78, 5) is 9.41. The molecule has 0 N–H and O–H groups in total. The van der Waals surface area contributed by atoms with Gasteiger partial charge in [0.1, 0.15) is 5.82 Å². The minimum absolute atomic E-state index is 0.207. The van der Waals surface area contributed by atoms with E-state index >= 15 is 0 Å². The molecule has 2 aromatic carbocycles. The summed E-state index contributed by atoms with van der Waals surface area (Å²) in [5, 5.41) is 0.850. The van der Waals surface area contributed by atoms with E-state index in [2.05, 4.69) is 46.0 Å². The van der Waals surface area contributed by atoms with Crippen molar-refractivity contribution in [3.63, 3.8) is 0 Å². The molecule has 0 radical (unpaired) electrons. The summed E-state index contributed by atoms with van der Waals surface area (Å²) in [5.74, 6) is -0.207. The first kappa shape index (κ1) is 20.0. The lowest BCUT2D eigenvalue weighted by atomic mass is 10.1. The fourth-order valence-electron chi connectivity index (χ4n) is 4.03. The summed E-state index contributed by atoms with van der Waals surface area (Å²) in [6, 6.07) is 17.8. The Morgan fingerprint density at radius 1 is 1.07 bits per heavy atom. The number of halogens is 1. The van der Waals surface area contributed by atoms with E-state index in [1.165, 1.54) is 5.56 Å². The first-order chi connectivity index (χ1) is 14.2. The predicted octanol–water partition coefficient (Wildman–Crippen LogP) is 4.10. The summed E-state index contributed by atoms with van der Waals surface area (Å²) in [6.07, 6.45) is 1.78. The molecular formula is C24H28FN3O. The Balaban J connectivity index is 1.59. The maximum Gasteiger partial charge on any atom is 0.124 e. The average Bonchev–Trinajstić information content (AvgIpc) is 2.74. The number of aromatic nitrogens is 1. The minimum atomic E-state index is -0.207. The molecule has 1 aliphatic heterocycles. The van der Waals surface area contributed by atoms with Crippen LogP contribution in [0.1, 0.15) is 18.1 Å². The molecule has 1 atom stereocenters. The molecule has 4 rings (SSSR count). The Kier molecular flexibility index (Phi) is 6.49. The second kappa shape index (κ2) is 9.44. The number of hydrogen-bond donors (Lipinski definition) is 0. The minimum Gasteiger partial charge on any atom is -0.379 e. The highest BCUT2D eigenvalue weighted by Crippen LogP contribution is 2.22. The van der Waals surface area contributed by atoms with Gasteiger partial charge in [-0.1, -0.05) is 36.4 Å². The van der Waals surface area contributed by atoms with E-state index in [0.29, 0.717) is 12.6 Å². The van der Waals surface area contributed by atoms with Gasteiger partial charge in [0.25, 0.3) is 0 Å². The van der Waals surface area contributed by atoms with Gasteiger partial charge in [-0.05, 0) is 36.2 Å². The van der Waals surface area contributed by atoms with Crippen LogP contribution >= 0.6 is 0 Å². The second-order valence-corrected chi connectivity index (χ2v) is 7.79. The lowest BCUT2D eigenvalue weighted by Gasteiger charge is -2.35. The molecule has 152 valence electrons. The number of fused-ring (bicyclic) bond motifs is 1. The molecule has 1 fully saturated rings. The molecule has 0 amide bonds. The normalized spacial score (nSPS) is 16.4. The standard InChI is InChI=1S/C24H28FN3O/c1-19(16-27-10-12-29-13-11-27)28(17-20-6-3-2-4-7-20)18-22-15-23(25)14-21-8-5-9-26-24(21)22/h2-9,14-15,19H,10-13,16-18H2,1H3. The molecule has 1 aliphatic rings. The molecule has 0 bridgehead atoms. The molecule has 2 heterocycles. The van der Waals surface area contributed by atoms with Crippen molar-refractivity contribution in [3.05, 3.63) is 77.7 Å². The van der Waals surface area contributed by atoms with Crippen molar-refractivity contribution in [1.29, 1.82) is 0 Å². The lowest BCUT2D eigenvalue weighted by molar-refractivity contribution is 0.0226. The van der Waals surface area contributed by atoms with Gasteiger partial charge >= 0.3 is 0 Å². The lowest BCUT2D eigenvalue weighted by Crippen LogP contribution is -2.45. The summed E-state index contributed by atoms with van der Waals surface area (Å²) >= 11 is 0. The molecular weight excluding hydrogens is 365 g/mol. The number of rotatable bonds is 7. The van der Waals surface area contributed by atoms with E-state index in [0.717, 1.165) is 55.9 Å². The Morgan fingerprint density at radius 2 is 1.86 bits per heavy atom. The van der Waals surface area contributed by atoms with E-state index in [4.69, 9.17) is 4.74 Å². The topological polar surface area (TPSA) is 28.6 Å². The van der Waals surface area contributed by atoms with E-state index < -0.39 is 0 Å². The highest BCUT2D eigenvalue weighted by Gasteiger charge is 2.21. The van der Waals surface area contributed by atoms with Crippen LogP contribution in [0.3, 0.4) is 0 Å². The molecule has 1 aromatic heterocycles. The van der Waals surface area contributed by atoms with Crippen molar-refractivity contribution < 1.29 is 9.13 Å². The van der Waals surface area contributed by atoms with Gasteiger partial charge in [-0.25, -0.2) is 4.39 Å². The van der Waals surface area contributed by atoms with E-state index in [1.807, 2.05) is 18.2 Å². The number of benzene rings is 2. The fourth-order valence-corrected chi connectivity index (χ4v) is 4.03. The van der Waals surface area contributed by atoms with E-state index in [-0.39, 0.29) is 5.82 Å². The third-order valence-electron chi connectivity index (χ3n) is 5.60. The van der Waals surface area contributed by atoms with E-state index in [9.17, 15) is 4.39 Å². The van der Waals surface area contributed by atoms with Gasteiger partial charge in [0, 0.05) is 50.3 Å². The molecule has 1 saturated heterocycles. The van der Waals surface area contributed by atoms with Crippen LogP contribution in [-0.4, -0.2) is 53.7 Å². The van der Waals surface area contributed by atoms with Gasteiger partial charge in [0.15, 0.2) is 0 Å². The summed E-state index contributed by atoms with van der Waals surface area (Å²) < 4.78 is 19.8. The SMILES string of the molecule is CC(CN1CCOCC1)N(Cc1ccccc1)Cc1cc(F)cc2cccnc12. The molecule has 0 spiro atoms. The highest BCUT2D eigenvalue weighted by atomic mass is 19.1. The number of pyridine rings is 1. The zero-order chi connectivity index (χ0) is 20.1. The number of nitrogens with zero attached hydrogens (tertiary/aromatic N) is 3. The van der Waals surface area contributed by atoms with Crippen molar-refractivity contribution in [1.82, 2.24) is 14.8 Å². The summed E-state index contributed by atoms with van der Waals surface area (Å²) in [6.45, 7) is 8.22. The van der Waals surface area contributed by atoms with Gasteiger partial charge in [0.2, 0.25) is 0 Å². The molecule has 4 nitrogen and oxygen atoms in total. The van der Waals surface area contributed by atoms with Crippen LogP contribution in [0.25, 0.3) is 10.9 Å². The third kappa shape index (κ3) is 5.18. The molecule has 0 saturated carbocycles. The monoisotopic (exact) mass is 393 g/mol. The molecule has 3 aromatic rings. The van der Waals surface area contributed by atoms with Gasteiger partial charge < -0.3 is 4.74 Å². The van der Waals surface area contributed by atoms with Crippen LogP contribution in [-0.2, 0) is 17.8 Å². The average molecular weight is 394 g/mol. The molecule has 1 unspecified atom stereocenters. The van der Waals surface area contributed by atoms with Crippen LogP contribution < -0.4 is 0 Å². The van der Waals surface area contributed by atoms with Crippen LogP contribution in [0, 0.1) is 5.82 Å². The maximum absolute atomic E-state index is 14.3. The number of morpholine rings is 1. The Hall–Kier alpha value is -2.34. The van der Waals surface area contributed by atoms with Gasteiger partial charge in [-0.2, -0.15) is 0 Å². The van der Waals surface area contributed by atoms with Crippen LogP contribution in [0.4, 0.5) is 4.39 Å². The fraction of sp³-hybridized carbons (Fsp3) is 0.375. The van der Waals surface area contributed by atoms with E-state index in [1.54, 1.807) is 18.3 Å². The Morgan fingerprint density at radius 3 is 2.66 bits per heavy atom. The molecule has 5 heteroatoms. The molecule has 29 heavy (non-hydrogen) atoms. The van der Waals surface area contributed by atoms with Crippen molar-refractivity contribution in [2.24, 2.45) is 0 Å². The number of ether oxygens (including phenoxy) is 1. The van der Waals surface area contributed by atoms with Gasteiger partial charge in [-0.3, -0.25) is 14.8 Å². The summed E-state index contributed by atoms with van der Waals surface area (Å²) in [7, 11) is 0. The number of hydrogen-bond acceptors (Lipinski definition) is 4. The zero-order valence-electron chi connectivity index (χ0n) is 16.9. The van der Waals surface area contributed by atoms with Gasteiger partial charge in [-0.15, -0.1) is 0 Å². The predicted molar refractivity (Wildman–Crippen MR) is 114 cm³/mol. The van der Waals surface area contributed by atoms with Crippen molar-refractivity contribution in [2.45, 2.75) is 26.1 Å². The summed E-state index contributed by atoms with van der Waals surface area (Å²) in [5.41, 5.74) is 3.07. The smallest absolute Gasteiger partial charge is 0.124 e. The Labute approximate surface area is 171 Å². The van der Waals surface area contributed by atoms with Crippen molar-refractivity contribution >= 4 is 10.9 Å². The van der Waals surface area contributed by atoms with Crippen LogP contribution in [0.15, 0.2) is 60.8 Å². The highest BCUT2D eigenvalue weighted by molar-refractivity contribution is 5.81. The first-order valence-electron chi connectivity index (χ1n) is 10.3. The first-order valence-corrected chi connectivity index (χ1v) is 10.3. The maximum atomic E-state index is 14.3. The Bertz CT molecular complexity index is 928. The quantitative estimate of drug-likeness (QED) is 0.604. The largest absolute Gasteiger partial charge is 0.379 e. The van der Waals surface area contributed by atoms with Crippen LogP contribution in [0.5, 0.6) is 0 Å². The molecule has 0 aliphatic carbocycles. The van der Waals surface area contributed by atoms with Crippen molar-refractivity contribution in [2.75, 3.05) is 32.8 Å². The van der Waals surface area contributed by atoms with Gasteiger partial charge in [0.05, 0.1) is 18.7 Å². The second-order valence-electron chi connectivity index (χ2n) is 7.79.